The van der Waals surface area contributed by atoms with E-state index in [1.807, 2.05) is 0 Å². The monoisotopic (exact) mass is 165 g/mol. The smallest absolute Gasteiger partial charge is 0.115 e. The van der Waals surface area contributed by atoms with Crippen LogP contribution in [0.3, 0.4) is 0 Å². The zero-order valence-corrected chi connectivity index (χ0v) is 6.64. The van der Waals surface area contributed by atoms with Crippen molar-refractivity contribution in [2.24, 2.45) is 0 Å². The number of hydrogen-bond donors (Lipinski definition) is 2. The highest BCUT2D eigenvalue weighted by Gasteiger charge is 2.26. The summed E-state index contributed by atoms with van der Waals surface area (Å²) in [6.07, 6.45) is 4.72. The second-order valence-electron chi connectivity index (χ2n) is 3.00. The van der Waals surface area contributed by atoms with Crippen molar-refractivity contribution in [1.82, 2.24) is 15.3 Å². The minimum absolute atomic E-state index is 0.159. The van der Waals surface area contributed by atoms with Crippen LogP contribution in [0.5, 0.6) is 0 Å². The fraction of sp³-hybridized carbons (Fsp3) is 0.500. The van der Waals surface area contributed by atoms with E-state index in [1.54, 1.807) is 12.4 Å². The molecular weight excluding hydrogens is 154 g/mol. The number of β-amino-alcohol motifs (C(OH)–C–C–N with tert-alkyl or cyclic N) is 1. The van der Waals surface area contributed by atoms with Crippen molar-refractivity contribution in [3.8, 4) is 0 Å². The predicted octanol–water partition coefficient (Wildman–Crippen LogP) is -0.476. The van der Waals surface area contributed by atoms with Gasteiger partial charge in [0, 0.05) is 31.4 Å². The van der Waals surface area contributed by atoms with Gasteiger partial charge in [-0.1, -0.05) is 0 Å². The van der Waals surface area contributed by atoms with Crippen molar-refractivity contribution in [2.45, 2.75) is 12.0 Å². The van der Waals surface area contributed by atoms with Gasteiger partial charge in [0.2, 0.25) is 0 Å². The van der Waals surface area contributed by atoms with Gasteiger partial charge < -0.3 is 10.4 Å². The van der Waals surface area contributed by atoms with Crippen LogP contribution in [-0.4, -0.2) is 34.3 Å². The van der Waals surface area contributed by atoms with E-state index in [-0.39, 0.29) is 12.0 Å². The fourth-order valence-corrected chi connectivity index (χ4v) is 1.51. The zero-order chi connectivity index (χ0) is 8.39. The van der Waals surface area contributed by atoms with E-state index in [0.29, 0.717) is 6.54 Å². The lowest BCUT2D eigenvalue weighted by Gasteiger charge is -2.11. The van der Waals surface area contributed by atoms with Crippen LogP contribution in [0.15, 0.2) is 18.7 Å². The lowest BCUT2D eigenvalue weighted by Crippen LogP contribution is -2.16. The first kappa shape index (κ1) is 7.64. The Labute approximate surface area is 70.7 Å². The number of aromatic nitrogens is 2. The Bertz CT molecular complexity index is 252. The summed E-state index contributed by atoms with van der Waals surface area (Å²) in [5, 5.41) is 12.6. The Morgan fingerprint density at radius 3 is 2.67 bits per heavy atom. The van der Waals surface area contributed by atoms with E-state index in [0.717, 1.165) is 12.1 Å². The standard InChI is InChI=1S/C8H11N3O/c12-8-4-9-3-7(8)6-1-10-5-11-2-6/h1-2,5,7-9,12H,3-4H2/t7-,8+/m0/s1. The number of nitrogens with zero attached hydrogens (tertiary/aromatic N) is 2. The Hall–Kier alpha value is -1.00. The molecule has 1 saturated heterocycles. The Balaban J connectivity index is 2.19. The first-order valence-corrected chi connectivity index (χ1v) is 4.01. The Morgan fingerprint density at radius 1 is 1.33 bits per heavy atom. The fourth-order valence-electron chi connectivity index (χ4n) is 1.51. The quantitative estimate of drug-likeness (QED) is 0.590. The summed E-state index contributed by atoms with van der Waals surface area (Å²) in [6.45, 7) is 1.48. The zero-order valence-electron chi connectivity index (χ0n) is 6.64. The van der Waals surface area contributed by atoms with Gasteiger partial charge in [0.15, 0.2) is 0 Å². The van der Waals surface area contributed by atoms with Gasteiger partial charge in [-0.05, 0) is 5.56 Å². The number of aliphatic hydroxyl groups excluding tert-OH is 1. The summed E-state index contributed by atoms with van der Waals surface area (Å²) in [7, 11) is 0. The van der Waals surface area contributed by atoms with Gasteiger partial charge in [-0.2, -0.15) is 0 Å². The van der Waals surface area contributed by atoms with E-state index >= 15 is 0 Å². The van der Waals surface area contributed by atoms with Crippen LogP contribution in [0.2, 0.25) is 0 Å². The maximum atomic E-state index is 9.52. The van der Waals surface area contributed by atoms with Crippen LogP contribution >= 0.6 is 0 Å². The lowest BCUT2D eigenvalue weighted by molar-refractivity contribution is 0.177. The van der Waals surface area contributed by atoms with Crippen LogP contribution in [0.4, 0.5) is 0 Å². The largest absolute Gasteiger partial charge is 0.391 e. The summed E-state index contributed by atoms with van der Waals surface area (Å²) in [4.78, 5) is 7.83. The van der Waals surface area contributed by atoms with Crippen molar-refractivity contribution >= 4 is 0 Å². The molecule has 0 spiro atoms. The SMILES string of the molecule is O[C@@H]1CNC[C@H]1c1cncnc1. The third kappa shape index (κ3) is 1.31. The van der Waals surface area contributed by atoms with E-state index in [4.69, 9.17) is 0 Å². The molecule has 1 aliphatic heterocycles. The molecule has 1 aromatic heterocycles. The molecule has 2 N–H and O–H groups in total. The molecule has 1 aromatic rings. The molecule has 1 fully saturated rings. The van der Waals surface area contributed by atoms with E-state index in [2.05, 4.69) is 15.3 Å². The van der Waals surface area contributed by atoms with Gasteiger partial charge in [-0.3, -0.25) is 0 Å². The highest BCUT2D eigenvalue weighted by Crippen LogP contribution is 2.20. The van der Waals surface area contributed by atoms with Crippen molar-refractivity contribution in [3.63, 3.8) is 0 Å². The van der Waals surface area contributed by atoms with Gasteiger partial charge >= 0.3 is 0 Å². The highest BCUT2D eigenvalue weighted by atomic mass is 16.3. The second-order valence-corrected chi connectivity index (χ2v) is 3.00. The maximum absolute atomic E-state index is 9.52. The van der Waals surface area contributed by atoms with E-state index in [9.17, 15) is 5.11 Å². The number of hydrogen-bond acceptors (Lipinski definition) is 4. The number of aliphatic hydroxyl groups is 1. The summed E-state index contributed by atoms with van der Waals surface area (Å²) >= 11 is 0. The lowest BCUT2D eigenvalue weighted by atomic mass is 9.99. The molecule has 0 aliphatic carbocycles. The van der Waals surface area contributed by atoms with Gasteiger partial charge in [-0.25, -0.2) is 9.97 Å². The molecule has 12 heavy (non-hydrogen) atoms. The average Bonchev–Trinajstić information content (AvgIpc) is 2.53. The maximum Gasteiger partial charge on any atom is 0.115 e. The Morgan fingerprint density at radius 2 is 2.08 bits per heavy atom. The highest BCUT2D eigenvalue weighted by molar-refractivity contribution is 5.15. The molecule has 64 valence electrons. The molecular formula is C8H11N3O. The van der Waals surface area contributed by atoms with Crippen LogP contribution in [0, 0.1) is 0 Å². The number of rotatable bonds is 1. The van der Waals surface area contributed by atoms with Gasteiger partial charge in [0.05, 0.1) is 6.10 Å². The molecule has 0 aromatic carbocycles. The molecule has 4 nitrogen and oxygen atoms in total. The van der Waals surface area contributed by atoms with Crippen molar-refractivity contribution in [3.05, 3.63) is 24.3 Å². The molecule has 4 heteroatoms. The van der Waals surface area contributed by atoms with Crippen LogP contribution in [0.25, 0.3) is 0 Å². The number of nitrogens with one attached hydrogen (secondary N) is 1. The van der Waals surface area contributed by atoms with E-state index < -0.39 is 0 Å². The molecule has 0 amide bonds. The van der Waals surface area contributed by atoms with Crippen LogP contribution in [-0.2, 0) is 0 Å². The topological polar surface area (TPSA) is 58.0 Å². The molecule has 0 unspecified atom stereocenters. The molecule has 0 bridgehead atoms. The predicted molar refractivity (Wildman–Crippen MR) is 43.6 cm³/mol. The molecule has 0 radical (unpaired) electrons. The first-order chi connectivity index (χ1) is 5.88. The summed E-state index contributed by atoms with van der Waals surface area (Å²) in [6, 6.07) is 0. The second kappa shape index (κ2) is 3.16. The van der Waals surface area contributed by atoms with Crippen molar-refractivity contribution in [1.29, 1.82) is 0 Å². The first-order valence-electron chi connectivity index (χ1n) is 4.01. The van der Waals surface area contributed by atoms with Gasteiger partial charge in [0.1, 0.15) is 6.33 Å². The third-order valence-electron chi connectivity index (χ3n) is 2.19. The van der Waals surface area contributed by atoms with E-state index in [1.165, 1.54) is 6.33 Å². The summed E-state index contributed by atoms with van der Waals surface area (Å²) < 4.78 is 0. The molecule has 2 atom stereocenters. The summed E-state index contributed by atoms with van der Waals surface area (Å²) in [5.74, 6) is 0.159. The van der Waals surface area contributed by atoms with Crippen LogP contribution < -0.4 is 5.32 Å². The Kier molecular flexibility index (Phi) is 2.01. The minimum atomic E-state index is -0.295. The average molecular weight is 165 g/mol. The molecule has 0 saturated carbocycles. The van der Waals surface area contributed by atoms with Crippen molar-refractivity contribution in [2.75, 3.05) is 13.1 Å². The molecule has 2 rings (SSSR count). The minimum Gasteiger partial charge on any atom is -0.391 e. The van der Waals surface area contributed by atoms with Crippen LogP contribution in [0.1, 0.15) is 11.5 Å². The molecule has 1 aliphatic rings. The summed E-state index contributed by atoms with van der Waals surface area (Å²) in [5.41, 5.74) is 1.01. The van der Waals surface area contributed by atoms with Gasteiger partial charge in [-0.15, -0.1) is 0 Å². The third-order valence-corrected chi connectivity index (χ3v) is 2.19. The van der Waals surface area contributed by atoms with Crippen molar-refractivity contribution < 1.29 is 5.11 Å². The normalized spacial score (nSPS) is 29.1. The molecule has 2 heterocycles. The van der Waals surface area contributed by atoms with Gasteiger partial charge in [0.25, 0.3) is 0 Å².